The molecule has 0 radical (unpaired) electrons. The van der Waals surface area contributed by atoms with E-state index in [1.165, 1.54) is 18.3 Å². The van der Waals surface area contributed by atoms with Gasteiger partial charge in [0.05, 0.1) is 45.8 Å². The first-order valence-electron chi connectivity index (χ1n) is 12.7. The van der Waals surface area contributed by atoms with Crippen molar-refractivity contribution < 1.29 is 4.39 Å². The molecule has 0 bridgehead atoms. The van der Waals surface area contributed by atoms with Crippen molar-refractivity contribution in [2.75, 3.05) is 17.2 Å². The molecule has 39 heavy (non-hydrogen) atoms. The van der Waals surface area contributed by atoms with E-state index in [9.17, 15) is 9.65 Å². The first-order valence-corrected chi connectivity index (χ1v) is 13.0. The van der Waals surface area contributed by atoms with E-state index in [0.717, 1.165) is 24.1 Å². The summed E-state index contributed by atoms with van der Waals surface area (Å²) < 4.78 is 17.4. The van der Waals surface area contributed by atoms with Gasteiger partial charge in [-0.3, -0.25) is 9.67 Å². The van der Waals surface area contributed by atoms with Gasteiger partial charge in [-0.15, -0.1) is 5.10 Å². The standard InChI is InChI=1S/C28H25ClFN9/c1-38-11-9-20(36-38)8-10-32-26-18(14-31)15-33-28-23(26)12-21(13-24(28)29)34-27(17-2-4-19(30)5-3-17)25-16-39(37-35-25)22-6-7-22/h2-5,9,11-13,15-16,22,27,34H,6-8,10H2,1H3,(H,32,33). The molecule has 9 nitrogen and oxygen atoms in total. The van der Waals surface area contributed by atoms with E-state index in [4.69, 9.17) is 11.6 Å². The van der Waals surface area contributed by atoms with Gasteiger partial charge in [0.2, 0.25) is 0 Å². The van der Waals surface area contributed by atoms with Crippen molar-refractivity contribution in [2.24, 2.45) is 7.05 Å². The van der Waals surface area contributed by atoms with Crippen molar-refractivity contribution in [1.29, 1.82) is 5.26 Å². The number of aryl methyl sites for hydroxylation is 1. The molecular weight excluding hydrogens is 517 g/mol. The predicted molar refractivity (Wildman–Crippen MR) is 147 cm³/mol. The lowest BCUT2D eigenvalue weighted by atomic mass is 10.0. The molecule has 3 heterocycles. The highest BCUT2D eigenvalue weighted by Gasteiger charge is 2.27. The van der Waals surface area contributed by atoms with Crippen LogP contribution >= 0.6 is 11.6 Å². The Kier molecular flexibility index (Phi) is 6.59. The summed E-state index contributed by atoms with van der Waals surface area (Å²) in [5.74, 6) is -0.315. The minimum Gasteiger partial charge on any atom is -0.383 e. The summed E-state index contributed by atoms with van der Waals surface area (Å²) in [7, 11) is 1.88. The average molecular weight is 542 g/mol. The van der Waals surface area contributed by atoms with Gasteiger partial charge in [0.1, 0.15) is 17.6 Å². The molecule has 6 rings (SSSR count). The van der Waals surface area contributed by atoms with Crippen molar-refractivity contribution in [3.8, 4) is 6.07 Å². The largest absolute Gasteiger partial charge is 0.383 e. The lowest BCUT2D eigenvalue weighted by molar-refractivity contribution is 0.610. The number of nitriles is 1. The van der Waals surface area contributed by atoms with Gasteiger partial charge in [0, 0.05) is 43.5 Å². The van der Waals surface area contributed by atoms with Gasteiger partial charge in [-0.25, -0.2) is 9.07 Å². The Hall–Kier alpha value is -4.49. The molecule has 3 aromatic heterocycles. The summed E-state index contributed by atoms with van der Waals surface area (Å²) in [5, 5.41) is 31.0. The Bertz CT molecular complexity index is 1680. The van der Waals surface area contributed by atoms with Crippen LogP contribution in [0.15, 0.2) is 61.1 Å². The SMILES string of the molecule is Cn1ccc(CCNc2c(C#N)cnc3c(Cl)cc(NC(c4ccc(F)cc4)c4cn(C5CC5)nn4)cc23)n1. The first kappa shape index (κ1) is 24.8. The number of nitrogens with zero attached hydrogens (tertiary/aromatic N) is 7. The zero-order chi connectivity index (χ0) is 26.9. The Morgan fingerprint density at radius 2 is 2.03 bits per heavy atom. The molecule has 0 saturated heterocycles. The van der Waals surface area contributed by atoms with Crippen molar-refractivity contribution in [2.45, 2.75) is 31.3 Å². The molecule has 1 aliphatic carbocycles. The topological polar surface area (TPSA) is 109 Å². The zero-order valence-electron chi connectivity index (χ0n) is 21.1. The third-order valence-corrected chi connectivity index (χ3v) is 7.04. The number of hydrogen-bond donors (Lipinski definition) is 2. The molecule has 1 saturated carbocycles. The minimum atomic E-state index is -0.403. The molecule has 2 N–H and O–H groups in total. The van der Waals surface area contributed by atoms with E-state index in [-0.39, 0.29) is 5.82 Å². The third-order valence-electron chi connectivity index (χ3n) is 6.76. The van der Waals surface area contributed by atoms with Gasteiger partial charge in [-0.05, 0) is 48.7 Å². The molecule has 1 unspecified atom stereocenters. The van der Waals surface area contributed by atoms with E-state index >= 15 is 0 Å². The van der Waals surface area contributed by atoms with E-state index in [1.807, 2.05) is 36.3 Å². The summed E-state index contributed by atoms with van der Waals surface area (Å²) in [6, 6.07) is 14.2. The number of rotatable bonds is 9. The number of halogens is 2. The number of fused-ring (bicyclic) bond motifs is 1. The van der Waals surface area contributed by atoms with E-state index < -0.39 is 6.04 Å². The second kappa shape index (κ2) is 10.3. The van der Waals surface area contributed by atoms with Gasteiger partial charge in [-0.1, -0.05) is 28.9 Å². The molecule has 2 aromatic carbocycles. The fourth-order valence-electron chi connectivity index (χ4n) is 4.62. The second-order valence-corrected chi connectivity index (χ2v) is 10.1. The molecule has 1 atom stereocenters. The van der Waals surface area contributed by atoms with Crippen molar-refractivity contribution in [3.63, 3.8) is 0 Å². The summed E-state index contributed by atoms with van der Waals surface area (Å²) in [4.78, 5) is 4.45. The zero-order valence-corrected chi connectivity index (χ0v) is 21.9. The van der Waals surface area contributed by atoms with Crippen molar-refractivity contribution >= 4 is 33.9 Å². The average Bonchev–Trinajstić information content (AvgIpc) is 3.52. The number of benzene rings is 2. The maximum atomic E-state index is 13.7. The van der Waals surface area contributed by atoms with E-state index in [0.29, 0.717) is 57.6 Å². The summed E-state index contributed by atoms with van der Waals surface area (Å²) in [6.45, 7) is 0.572. The summed E-state index contributed by atoms with van der Waals surface area (Å²) in [6.07, 6.45) is 8.22. The molecule has 196 valence electrons. The third kappa shape index (κ3) is 5.26. The van der Waals surface area contributed by atoms with Crippen LogP contribution in [0.3, 0.4) is 0 Å². The number of hydrogen-bond acceptors (Lipinski definition) is 7. The highest BCUT2D eigenvalue weighted by molar-refractivity contribution is 6.35. The molecule has 0 amide bonds. The normalized spacial score (nSPS) is 13.8. The van der Waals surface area contributed by atoms with E-state index in [2.05, 4.69) is 37.1 Å². The molecule has 0 aliphatic heterocycles. The molecule has 11 heteroatoms. The maximum absolute atomic E-state index is 13.7. The van der Waals surface area contributed by atoms with Crippen LogP contribution in [0, 0.1) is 17.1 Å². The van der Waals surface area contributed by atoms with Crippen LogP contribution < -0.4 is 10.6 Å². The molecule has 1 aliphatic rings. The minimum absolute atomic E-state index is 0.315. The fourth-order valence-corrected chi connectivity index (χ4v) is 4.89. The van der Waals surface area contributed by atoms with Gasteiger partial charge in [-0.2, -0.15) is 10.4 Å². The summed E-state index contributed by atoms with van der Waals surface area (Å²) in [5.41, 5.74) is 4.84. The lowest BCUT2D eigenvalue weighted by Gasteiger charge is -2.20. The quantitative estimate of drug-likeness (QED) is 0.256. The first-order chi connectivity index (χ1) is 19.0. The highest BCUT2D eigenvalue weighted by atomic mass is 35.5. The van der Waals surface area contributed by atoms with E-state index in [1.54, 1.807) is 22.9 Å². The monoisotopic (exact) mass is 541 g/mol. The predicted octanol–water partition coefficient (Wildman–Crippen LogP) is 5.41. The fraction of sp³-hybridized carbons (Fsp3) is 0.250. The van der Waals surface area contributed by atoms with Crippen LogP contribution in [0.25, 0.3) is 10.9 Å². The highest BCUT2D eigenvalue weighted by Crippen LogP contribution is 2.37. The molecule has 0 spiro atoms. The summed E-state index contributed by atoms with van der Waals surface area (Å²) >= 11 is 6.70. The lowest BCUT2D eigenvalue weighted by Crippen LogP contribution is -2.13. The number of anilines is 2. The van der Waals surface area contributed by atoms with Gasteiger partial charge in [0.25, 0.3) is 0 Å². The van der Waals surface area contributed by atoms with Crippen molar-refractivity contribution in [1.82, 2.24) is 29.8 Å². The Balaban J connectivity index is 1.35. The van der Waals surface area contributed by atoms with Gasteiger partial charge >= 0.3 is 0 Å². The van der Waals surface area contributed by atoms with Crippen LogP contribution in [0.1, 0.15) is 47.4 Å². The molecule has 5 aromatic rings. The molecule has 1 fully saturated rings. The Morgan fingerprint density at radius 1 is 1.21 bits per heavy atom. The number of nitrogens with one attached hydrogen (secondary N) is 2. The second-order valence-electron chi connectivity index (χ2n) is 9.65. The smallest absolute Gasteiger partial charge is 0.123 e. The van der Waals surface area contributed by atoms with Gasteiger partial charge in [0.15, 0.2) is 0 Å². The van der Waals surface area contributed by atoms with Crippen LogP contribution in [0.2, 0.25) is 5.02 Å². The Morgan fingerprint density at radius 3 is 2.74 bits per heavy atom. The number of pyridine rings is 1. The van der Waals surface area contributed by atoms with Crippen LogP contribution in [-0.2, 0) is 13.5 Å². The van der Waals surface area contributed by atoms with Crippen LogP contribution in [0.5, 0.6) is 0 Å². The Labute approximate surface area is 229 Å². The van der Waals surface area contributed by atoms with Gasteiger partial charge < -0.3 is 10.6 Å². The van der Waals surface area contributed by atoms with Crippen LogP contribution in [-0.4, -0.2) is 36.3 Å². The number of aromatic nitrogens is 6. The van der Waals surface area contributed by atoms with Crippen LogP contribution in [0.4, 0.5) is 15.8 Å². The van der Waals surface area contributed by atoms with Crippen molar-refractivity contribution in [3.05, 3.63) is 94.4 Å². The molecular formula is C28H25ClFN9. The maximum Gasteiger partial charge on any atom is 0.123 e.